The van der Waals surface area contributed by atoms with Crippen LogP contribution in [0.5, 0.6) is 5.75 Å². The van der Waals surface area contributed by atoms with Gasteiger partial charge in [0.1, 0.15) is 5.75 Å². The summed E-state index contributed by atoms with van der Waals surface area (Å²) < 4.78 is 20.9. The molecule has 0 aliphatic rings. The van der Waals surface area contributed by atoms with E-state index >= 15 is 0 Å². The molecule has 28 heavy (non-hydrogen) atoms. The number of methoxy groups -OCH3 is 1. The van der Waals surface area contributed by atoms with Crippen molar-refractivity contribution in [2.45, 2.75) is 19.4 Å². The fourth-order valence-electron chi connectivity index (χ4n) is 2.33. The van der Waals surface area contributed by atoms with Crippen LogP contribution in [-0.2, 0) is 9.53 Å². The van der Waals surface area contributed by atoms with Crippen LogP contribution in [0.3, 0.4) is 0 Å². The minimum atomic E-state index is -0.715. The van der Waals surface area contributed by atoms with Gasteiger partial charge in [-0.05, 0) is 43.3 Å². The Hall–Kier alpha value is -3.62. The van der Waals surface area contributed by atoms with E-state index in [1.54, 1.807) is 44.4 Å². The summed E-state index contributed by atoms with van der Waals surface area (Å²) in [6, 6.07) is 10.3. The fourth-order valence-corrected chi connectivity index (χ4v) is 2.33. The molecular weight excluding hydrogens is 366 g/mol. The van der Waals surface area contributed by atoms with E-state index in [-0.39, 0.29) is 24.6 Å². The van der Waals surface area contributed by atoms with E-state index in [2.05, 4.69) is 15.5 Å². The number of esters is 1. The van der Waals surface area contributed by atoms with E-state index in [9.17, 15) is 9.59 Å². The van der Waals surface area contributed by atoms with Crippen LogP contribution in [-0.4, -0.2) is 35.7 Å². The highest BCUT2D eigenvalue weighted by Gasteiger charge is 2.19. The van der Waals surface area contributed by atoms with Crippen molar-refractivity contribution < 1.29 is 27.9 Å². The summed E-state index contributed by atoms with van der Waals surface area (Å²) in [7, 11) is 1.58. The van der Waals surface area contributed by atoms with Crippen molar-refractivity contribution >= 4 is 11.9 Å². The maximum atomic E-state index is 11.9. The zero-order valence-corrected chi connectivity index (χ0v) is 15.4. The van der Waals surface area contributed by atoms with Gasteiger partial charge in [-0.2, -0.15) is 0 Å². The highest BCUT2D eigenvalue weighted by atomic mass is 16.6. The lowest BCUT2D eigenvalue weighted by molar-refractivity contribution is -0.149. The Labute approximate surface area is 160 Å². The minimum absolute atomic E-state index is 0.00371. The van der Waals surface area contributed by atoms with Crippen molar-refractivity contribution in [2.24, 2.45) is 0 Å². The Morgan fingerprint density at radius 3 is 2.64 bits per heavy atom. The SMILES string of the molecule is COc1ccc(-c2nnc(C(C)OC(=O)CCNC(=O)c3ccco3)o2)cc1. The number of carbonyl (C=O) groups is 2. The Morgan fingerprint density at radius 2 is 1.96 bits per heavy atom. The third-order valence-corrected chi connectivity index (χ3v) is 3.79. The average molecular weight is 385 g/mol. The van der Waals surface area contributed by atoms with Crippen LogP contribution in [0.4, 0.5) is 0 Å². The second-order valence-corrected chi connectivity index (χ2v) is 5.79. The molecule has 2 heterocycles. The lowest BCUT2D eigenvalue weighted by Crippen LogP contribution is -2.26. The van der Waals surface area contributed by atoms with E-state index in [4.69, 9.17) is 18.3 Å². The third-order valence-electron chi connectivity index (χ3n) is 3.79. The van der Waals surface area contributed by atoms with E-state index in [1.807, 2.05) is 0 Å². The van der Waals surface area contributed by atoms with E-state index in [0.717, 1.165) is 5.56 Å². The standard InChI is InChI=1S/C19H19N3O6/c1-12(27-16(23)9-10-20-17(24)15-4-3-11-26-15)18-21-22-19(28-18)13-5-7-14(25-2)8-6-13/h3-8,11-12H,9-10H2,1-2H3,(H,20,24). The molecule has 3 aromatic rings. The normalized spacial score (nSPS) is 11.6. The molecule has 1 aromatic carbocycles. The molecule has 0 bridgehead atoms. The highest BCUT2D eigenvalue weighted by molar-refractivity contribution is 5.91. The molecule has 0 radical (unpaired) electrons. The van der Waals surface area contributed by atoms with Gasteiger partial charge in [0, 0.05) is 12.1 Å². The molecule has 0 fully saturated rings. The molecule has 2 aromatic heterocycles. The monoisotopic (exact) mass is 385 g/mol. The number of ether oxygens (including phenoxy) is 2. The van der Waals surface area contributed by atoms with Crippen LogP contribution >= 0.6 is 0 Å². The zero-order chi connectivity index (χ0) is 19.9. The lowest BCUT2D eigenvalue weighted by atomic mass is 10.2. The summed E-state index contributed by atoms with van der Waals surface area (Å²) in [6.45, 7) is 1.75. The van der Waals surface area contributed by atoms with Gasteiger partial charge in [-0.25, -0.2) is 0 Å². The first-order valence-electron chi connectivity index (χ1n) is 8.56. The summed E-state index contributed by atoms with van der Waals surface area (Å²) in [5, 5.41) is 10.5. The first kappa shape index (κ1) is 19.2. The van der Waals surface area contributed by atoms with E-state index < -0.39 is 18.0 Å². The van der Waals surface area contributed by atoms with Crippen LogP contribution in [0.1, 0.15) is 35.9 Å². The van der Waals surface area contributed by atoms with Gasteiger partial charge < -0.3 is 23.6 Å². The van der Waals surface area contributed by atoms with E-state index in [0.29, 0.717) is 11.6 Å². The number of rotatable bonds is 8. The summed E-state index contributed by atoms with van der Waals surface area (Å²) in [4.78, 5) is 23.7. The maximum Gasteiger partial charge on any atom is 0.308 e. The molecule has 3 rings (SSSR count). The average Bonchev–Trinajstić information content (AvgIpc) is 3.40. The Balaban J connectivity index is 1.48. The topological polar surface area (TPSA) is 117 Å². The minimum Gasteiger partial charge on any atom is -0.497 e. The van der Waals surface area contributed by atoms with Crippen LogP contribution < -0.4 is 10.1 Å². The molecule has 0 aliphatic carbocycles. The van der Waals surface area contributed by atoms with Gasteiger partial charge in [0.05, 0.1) is 19.8 Å². The van der Waals surface area contributed by atoms with Gasteiger partial charge in [0.25, 0.3) is 11.8 Å². The van der Waals surface area contributed by atoms with Crippen molar-refractivity contribution in [1.29, 1.82) is 0 Å². The molecular formula is C19H19N3O6. The fraction of sp³-hybridized carbons (Fsp3) is 0.263. The Morgan fingerprint density at radius 1 is 1.18 bits per heavy atom. The lowest BCUT2D eigenvalue weighted by Gasteiger charge is -2.09. The first-order valence-corrected chi connectivity index (χ1v) is 8.56. The number of nitrogens with one attached hydrogen (secondary N) is 1. The van der Waals surface area contributed by atoms with Crippen LogP contribution in [0, 0.1) is 0 Å². The van der Waals surface area contributed by atoms with Gasteiger partial charge in [-0.1, -0.05) is 0 Å². The molecule has 0 spiro atoms. The second kappa shape index (κ2) is 8.85. The molecule has 146 valence electrons. The van der Waals surface area contributed by atoms with Gasteiger partial charge in [0.2, 0.25) is 5.89 Å². The number of nitrogens with zero attached hydrogens (tertiary/aromatic N) is 2. The van der Waals surface area contributed by atoms with Crippen molar-refractivity contribution in [2.75, 3.05) is 13.7 Å². The molecule has 0 saturated carbocycles. The highest BCUT2D eigenvalue weighted by Crippen LogP contribution is 2.24. The molecule has 0 saturated heterocycles. The summed E-state index contributed by atoms with van der Waals surface area (Å²) in [5.41, 5.74) is 0.721. The molecule has 0 aliphatic heterocycles. The molecule has 9 heteroatoms. The number of hydrogen-bond donors (Lipinski definition) is 1. The van der Waals surface area contributed by atoms with Gasteiger partial charge >= 0.3 is 5.97 Å². The quantitative estimate of drug-likeness (QED) is 0.588. The zero-order valence-electron chi connectivity index (χ0n) is 15.4. The number of hydrogen-bond acceptors (Lipinski definition) is 8. The predicted octanol–water partition coefficient (Wildman–Crippen LogP) is 2.76. The number of benzene rings is 1. The molecule has 1 unspecified atom stereocenters. The summed E-state index contributed by atoms with van der Waals surface area (Å²) >= 11 is 0. The predicted molar refractivity (Wildman–Crippen MR) is 96.5 cm³/mol. The molecule has 1 amide bonds. The molecule has 1 atom stereocenters. The van der Waals surface area contributed by atoms with Crippen LogP contribution in [0.25, 0.3) is 11.5 Å². The second-order valence-electron chi connectivity index (χ2n) is 5.79. The van der Waals surface area contributed by atoms with Crippen molar-refractivity contribution in [3.05, 3.63) is 54.3 Å². The van der Waals surface area contributed by atoms with Crippen LogP contribution in [0.15, 0.2) is 51.5 Å². The number of carbonyl (C=O) groups excluding carboxylic acids is 2. The third kappa shape index (κ3) is 4.76. The smallest absolute Gasteiger partial charge is 0.308 e. The maximum absolute atomic E-state index is 11.9. The van der Waals surface area contributed by atoms with Crippen molar-refractivity contribution in [3.8, 4) is 17.2 Å². The largest absolute Gasteiger partial charge is 0.497 e. The summed E-state index contributed by atoms with van der Waals surface area (Å²) in [6.07, 6.45) is 0.680. The number of amides is 1. The number of furan rings is 1. The van der Waals surface area contributed by atoms with Gasteiger partial charge in [-0.15, -0.1) is 10.2 Å². The van der Waals surface area contributed by atoms with Gasteiger partial charge in [-0.3, -0.25) is 9.59 Å². The Kier molecular flexibility index (Phi) is 6.05. The number of aromatic nitrogens is 2. The van der Waals surface area contributed by atoms with Crippen molar-refractivity contribution in [1.82, 2.24) is 15.5 Å². The Bertz CT molecular complexity index is 918. The van der Waals surface area contributed by atoms with Gasteiger partial charge in [0.15, 0.2) is 11.9 Å². The van der Waals surface area contributed by atoms with Crippen molar-refractivity contribution in [3.63, 3.8) is 0 Å². The molecule has 9 nitrogen and oxygen atoms in total. The molecule has 1 N–H and O–H groups in total. The van der Waals surface area contributed by atoms with Crippen LogP contribution in [0.2, 0.25) is 0 Å². The van der Waals surface area contributed by atoms with E-state index in [1.165, 1.54) is 12.3 Å². The summed E-state index contributed by atoms with van der Waals surface area (Å²) in [5.74, 6) is 0.483. The first-order chi connectivity index (χ1) is 13.6.